The van der Waals surface area contributed by atoms with Gasteiger partial charge in [-0.25, -0.2) is 0 Å². The van der Waals surface area contributed by atoms with Crippen LogP contribution in [-0.4, -0.2) is 21.0 Å². The van der Waals surface area contributed by atoms with Crippen LogP contribution in [-0.2, 0) is 4.79 Å². The molecule has 3 aromatic rings. The molecule has 166 valence electrons. The minimum absolute atomic E-state index is 0.210. The number of hydrogen-bond donors (Lipinski definition) is 3. The lowest BCUT2D eigenvalue weighted by Gasteiger charge is -2.29. The predicted molar refractivity (Wildman–Crippen MR) is 137 cm³/mol. The quantitative estimate of drug-likeness (QED) is 0.220. The van der Waals surface area contributed by atoms with E-state index in [1.54, 1.807) is 0 Å². The average molecular weight is 507 g/mol. The van der Waals surface area contributed by atoms with Gasteiger partial charge in [-0.15, -0.1) is 0 Å². The van der Waals surface area contributed by atoms with E-state index in [1.165, 1.54) is 0 Å². The van der Waals surface area contributed by atoms with Gasteiger partial charge in [0.25, 0.3) is 0 Å². The Morgan fingerprint density at radius 3 is 1.78 bits per heavy atom. The average Bonchev–Trinajstić information content (AvgIpc) is 2.76. The molecule has 0 saturated carbocycles. The van der Waals surface area contributed by atoms with Crippen molar-refractivity contribution in [3.8, 4) is 0 Å². The zero-order valence-electron chi connectivity index (χ0n) is 17.2. The Bertz CT molecular complexity index is 1000. The highest BCUT2D eigenvalue weighted by molar-refractivity contribution is 7.80. The van der Waals surface area contributed by atoms with Crippen molar-refractivity contribution in [3.05, 3.63) is 102 Å². The number of aryl methyl sites for hydroxylation is 1. The fourth-order valence-electron chi connectivity index (χ4n) is 3.15. The van der Waals surface area contributed by atoms with Gasteiger partial charge in [0.1, 0.15) is 6.17 Å². The molecule has 3 N–H and O–H groups in total. The molecule has 0 aliphatic rings. The van der Waals surface area contributed by atoms with E-state index in [9.17, 15) is 4.79 Å². The molecule has 4 nitrogen and oxygen atoms in total. The zero-order chi connectivity index (χ0) is 23.1. The van der Waals surface area contributed by atoms with Crippen LogP contribution in [0.25, 0.3) is 0 Å². The van der Waals surface area contributed by atoms with Gasteiger partial charge in [-0.2, -0.15) is 0 Å². The van der Waals surface area contributed by atoms with Crippen molar-refractivity contribution < 1.29 is 4.79 Å². The number of carbonyl (C=O) groups is 1. The maximum absolute atomic E-state index is 13.4. The Kier molecular flexibility index (Phi) is 8.38. The molecule has 0 fully saturated rings. The number of alkyl halides is 3. The van der Waals surface area contributed by atoms with Crippen LogP contribution < -0.4 is 16.0 Å². The summed E-state index contributed by atoms with van der Waals surface area (Å²) in [6.45, 7) is 1.99. The predicted octanol–water partition coefficient (Wildman–Crippen LogP) is 5.93. The first-order valence-corrected chi connectivity index (χ1v) is 11.4. The first kappa shape index (κ1) is 24.3. The second kappa shape index (κ2) is 11.0. The van der Waals surface area contributed by atoms with Crippen molar-refractivity contribution >= 4 is 63.7 Å². The van der Waals surface area contributed by atoms with Gasteiger partial charge >= 0.3 is 0 Å². The number of hydrogen-bond acceptors (Lipinski definition) is 2. The first-order chi connectivity index (χ1) is 15.2. The zero-order valence-corrected chi connectivity index (χ0v) is 20.3. The topological polar surface area (TPSA) is 53.2 Å². The monoisotopic (exact) mass is 505 g/mol. The third-order valence-electron chi connectivity index (χ3n) is 4.73. The summed E-state index contributed by atoms with van der Waals surface area (Å²) in [6.07, 6.45) is -1.07. The third kappa shape index (κ3) is 6.84. The number of halogens is 3. The molecule has 0 bridgehead atoms. The smallest absolute Gasteiger partial charge is 0.233 e. The Hall–Kier alpha value is -2.31. The highest BCUT2D eigenvalue weighted by Gasteiger charge is 2.36. The normalized spacial score (nSPS) is 12.2. The van der Waals surface area contributed by atoms with Crippen LogP contribution >= 0.6 is 47.0 Å². The summed E-state index contributed by atoms with van der Waals surface area (Å²) in [5.41, 5.74) is 3.53. The second-order valence-electron chi connectivity index (χ2n) is 7.20. The number of anilines is 1. The van der Waals surface area contributed by atoms with E-state index in [1.807, 2.05) is 91.9 Å². The Morgan fingerprint density at radius 2 is 1.31 bits per heavy atom. The largest absolute Gasteiger partial charge is 0.339 e. The first-order valence-electron chi connectivity index (χ1n) is 9.85. The molecule has 0 aliphatic carbocycles. The number of carbonyl (C=O) groups excluding carboxylic acids is 1. The maximum atomic E-state index is 13.4. The van der Waals surface area contributed by atoms with Crippen molar-refractivity contribution in [1.82, 2.24) is 10.6 Å². The molecule has 0 spiro atoms. The van der Waals surface area contributed by atoms with E-state index < -0.39 is 15.9 Å². The molecule has 3 aromatic carbocycles. The van der Waals surface area contributed by atoms with Crippen LogP contribution in [0.2, 0.25) is 0 Å². The van der Waals surface area contributed by atoms with Gasteiger partial charge in [0.2, 0.25) is 9.70 Å². The van der Waals surface area contributed by atoms with Crippen LogP contribution in [0.3, 0.4) is 0 Å². The Morgan fingerprint density at radius 1 is 0.812 bits per heavy atom. The molecule has 0 aromatic heterocycles. The van der Waals surface area contributed by atoms with Gasteiger partial charge in [0, 0.05) is 5.69 Å². The lowest BCUT2D eigenvalue weighted by molar-refractivity contribution is -0.122. The summed E-state index contributed by atoms with van der Waals surface area (Å²) < 4.78 is -1.85. The van der Waals surface area contributed by atoms with Crippen molar-refractivity contribution in [2.45, 2.75) is 22.8 Å². The van der Waals surface area contributed by atoms with Gasteiger partial charge in [-0.05, 0) is 42.4 Å². The highest BCUT2D eigenvalue weighted by atomic mass is 35.6. The van der Waals surface area contributed by atoms with Gasteiger partial charge < -0.3 is 16.0 Å². The summed E-state index contributed by atoms with van der Waals surface area (Å²) >= 11 is 23.9. The number of benzene rings is 3. The van der Waals surface area contributed by atoms with Gasteiger partial charge in [-0.1, -0.05) is 113 Å². The van der Waals surface area contributed by atoms with Crippen LogP contribution in [0.5, 0.6) is 0 Å². The number of thiocarbonyl (C=S) groups is 1. The van der Waals surface area contributed by atoms with Gasteiger partial charge in [0.15, 0.2) is 5.11 Å². The van der Waals surface area contributed by atoms with Crippen LogP contribution in [0.4, 0.5) is 5.69 Å². The highest BCUT2D eigenvalue weighted by Crippen LogP contribution is 2.31. The van der Waals surface area contributed by atoms with Crippen molar-refractivity contribution in [3.63, 3.8) is 0 Å². The number of nitrogens with one attached hydrogen (secondary N) is 3. The van der Waals surface area contributed by atoms with Crippen LogP contribution in [0, 0.1) is 6.92 Å². The number of rotatable bonds is 6. The standard InChI is InChI=1S/C24H22Cl3N3OS/c1-16-12-14-19(15-13-16)28-23(32)30-22(24(25,26)27)29-21(31)20(17-8-4-2-5-9-17)18-10-6-3-7-11-18/h2-15,20,22H,1H3,(H,29,31)(H2,28,30,32)/t22-/m1/s1. The molecule has 1 amide bonds. The van der Waals surface area contributed by atoms with Crippen LogP contribution in [0.15, 0.2) is 84.9 Å². The molecule has 8 heteroatoms. The third-order valence-corrected chi connectivity index (χ3v) is 5.60. The van der Waals surface area contributed by atoms with Crippen molar-refractivity contribution in [2.24, 2.45) is 0 Å². The molecule has 0 heterocycles. The van der Waals surface area contributed by atoms with E-state index >= 15 is 0 Å². The Labute approximate surface area is 208 Å². The minimum Gasteiger partial charge on any atom is -0.339 e. The van der Waals surface area contributed by atoms with E-state index in [0.29, 0.717) is 0 Å². The Balaban J connectivity index is 1.79. The SMILES string of the molecule is Cc1ccc(NC(=S)N[C@@H](NC(=O)C(c2ccccc2)c2ccccc2)C(Cl)(Cl)Cl)cc1. The molecule has 32 heavy (non-hydrogen) atoms. The van der Waals surface area contributed by atoms with Crippen LogP contribution in [0.1, 0.15) is 22.6 Å². The van der Waals surface area contributed by atoms with E-state index in [-0.39, 0.29) is 11.0 Å². The fraction of sp³-hybridized carbons (Fsp3) is 0.167. The lowest BCUT2D eigenvalue weighted by Crippen LogP contribution is -2.57. The van der Waals surface area contributed by atoms with Crippen molar-refractivity contribution in [2.75, 3.05) is 5.32 Å². The summed E-state index contributed by atoms with van der Waals surface area (Å²) in [6, 6.07) is 26.5. The number of amides is 1. The van der Waals surface area contributed by atoms with Gasteiger partial charge in [-0.3, -0.25) is 4.79 Å². The lowest BCUT2D eigenvalue weighted by atomic mass is 9.90. The second-order valence-corrected chi connectivity index (χ2v) is 9.98. The van der Waals surface area contributed by atoms with Gasteiger partial charge in [0.05, 0.1) is 5.92 Å². The molecule has 0 saturated heterocycles. The fourth-order valence-corrected chi connectivity index (χ4v) is 3.71. The summed E-state index contributed by atoms with van der Waals surface area (Å²) in [7, 11) is 0. The van der Waals surface area contributed by atoms with Crippen molar-refractivity contribution in [1.29, 1.82) is 0 Å². The molecule has 0 radical (unpaired) electrons. The summed E-state index contributed by atoms with van der Waals surface area (Å²) in [4.78, 5) is 13.4. The minimum atomic E-state index is -1.85. The maximum Gasteiger partial charge on any atom is 0.233 e. The molecule has 0 unspecified atom stereocenters. The molecular weight excluding hydrogens is 485 g/mol. The molecule has 3 rings (SSSR count). The summed E-state index contributed by atoms with van der Waals surface area (Å²) in [5.74, 6) is -0.919. The summed E-state index contributed by atoms with van der Waals surface area (Å²) in [5, 5.41) is 8.95. The van der Waals surface area contributed by atoms with E-state index in [0.717, 1.165) is 22.4 Å². The molecule has 0 aliphatic heterocycles. The molecule has 1 atom stereocenters. The molecular formula is C24H22Cl3N3OS. The van der Waals surface area contributed by atoms with E-state index in [2.05, 4.69) is 16.0 Å². The van der Waals surface area contributed by atoms with E-state index in [4.69, 9.17) is 47.0 Å².